The fourth-order valence-electron chi connectivity index (χ4n) is 1.61. The Kier molecular flexibility index (Phi) is 5.93. The Hall–Kier alpha value is -2.38. The number of nitrogens with one attached hydrogen (secondary N) is 2. The standard InChI is InChI=1S/C15H16N2O4S/c1-19-9-10-20-12-6-4-11(5-7-12)16-15(22)17-14(18)13-3-2-8-21-13/h2-8H,9-10H2,1H3,(H2,16,17,18,22). The minimum Gasteiger partial charge on any atom is -0.491 e. The number of anilines is 1. The van der Waals surface area contributed by atoms with Gasteiger partial charge >= 0.3 is 0 Å². The topological polar surface area (TPSA) is 72.7 Å². The molecule has 7 heteroatoms. The molecule has 116 valence electrons. The van der Waals surface area contributed by atoms with E-state index in [1.165, 1.54) is 6.26 Å². The highest BCUT2D eigenvalue weighted by Crippen LogP contribution is 2.15. The molecule has 2 N–H and O–H groups in total. The third-order valence-electron chi connectivity index (χ3n) is 2.64. The molecule has 1 heterocycles. The summed E-state index contributed by atoms with van der Waals surface area (Å²) in [4.78, 5) is 11.7. The Morgan fingerprint density at radius 2 is 2.00 bits per heavy atom. The highest BCUT2D eigenvalue weighted by atomic mass is 32.1. The molecule has 1 amide bonds. The molecule has 0 spiro atoms. The lowest BCUT2D eigenvalue weighted by molar-refractivity contribution is 0.0950. The molecule has 22 heavy (non-hydrogen) atoms. The second kappa shape index (κ2) is 8.16. The quantitative estimate of drug-likeness (QED) is 0.629. The Morgan fingerprint density at radius 1 is 1.23 bits per heavy atom. The summed E-state index contributed by atoms with van der Waals surface area (Å²) >= 11 is 5.07. The van der Waals surface area contributed by atoms with Crippen LogP contribution in [0.3, 0.4) is 0 Å². The maximum Gasteiger partial charge on any atom is 0.293 e. The second-order valence-electron chi connectivity index (χ2n) is 4.25. The number of ether oxygens (including phenoxy) is 2. The predicted octanol–water partition coefficient (Wildman–Crippen LogP) is 2.43. The maximum absolute atomic E-state index is 11.7. The number of amides is 1. The van der Waals surface area contributed by atoms with E-state index in [0.717, 1.165) is 11.4 Å². The van der Waals surface area contributed by atoms with Gasteiger partial charge in [-0.3, -0.25) is 10.1 Å². The van der Waals surface area contributed by atoms with Crippen molar-refractivity contribution in [3.05, 3.63) is 48.4 Å². The van der Waals surface area contributed by atoms with Crippen molar-refractivity contribution in [3.63, 3.8) is 0 Å². The minimum absolute atomic E-state index is 0.189. The molecule has 0 aliphatic rings. The molecule has 2 rings (SSSR count). The molecule has 0 aliphatic heterocycles. The van der Waals surface area contributed by atoms with Crippen molar-refractivity contribution in [3.8, 4) is 5.75 Å². The first-order chi connectivity index (χ1) is 10.7. The van der Waals surface area contributed by atoms with Gasteiger partial charge in [-0.05, 0) is 48.6 Å². The summed E-state index contributed by atoms with van der Waals surface area (Å²) in [7, 11) is 1.62. The van der Waals surface area contributed by atoms with Gasteiger partial charge in [0.2, 0.25) is 0 Å². The smallest absolute Gasteiger partial charge is 0.293 e. The van der Waals surface area contributed by atoms with Crippen molar-refractivity contribution in [1.29, 1.82) is 0 Å². The van der Waals surface area contributed by atoms with Gasteiger partial charge in [0, 0.05) is 12.8 Å². The van der Waals surface area contributed by atoms with Gasteiger partial charge in [-0.2, -0.15) is 0 Å². The van der Waals surface area contributed by atoms with Crippen molar-refractivity contribution in [2.45, 2.75) is 0 Å². The van der Waals surface area contributed by atoms with E-state index in [-0.39, 0.29) is 10.9 Å². The van der Waals surface area contributed by atoms with Crippen LogP contribution in [0.4, 0.5) is 5.69 Å². The van der Waals surface area contributed by atoms with Gasteiger partial charge in [0.15, 0.2) is 10.9 Å². The lowest BCUT2D eigenvalue weighted by Gasteiger charge is -2.10. The van der Waals surface area contributed by atoms with Crippen molar-refractivity contribution in [2.75, 3.05) is 25.6 Å². The van der Waals surface area contributed by atoms with Crippen LogP contribution in [-0.4, -0.2) is 31.3 Å². The first-order valence-electron chi connectivity index (χ1n) is 6.56. The third kappa shape index (κ3) is 4.87. The Labute approximate surface area is 133 Å². The van der Waals surface area contributed by atoms with Crippen LogP contribution in [0.1, 0.15) is 10.6 Å². The van der Waals surface area contributed by atoms with E-state index in [0.29, 0.717) is 13.2 Å². The van der Waals surface area contributed by atoms with Crippen LogP contribution in [-0.2, 0) is 4.74 Å². The number of hydrogen-bond acceptors (Lipinski definition) is 5. The molecule has 0 unspecified atom stereocenters. The number of carbonyl (C=O) groups excluding carboxylic acids is 1. The maximum atomic E-state index is 11.7. The summed E-state index contributed by atoms with van der Waals surface area (Å²) in [6, 6.07) is 10.4. The summed E-state index contributed by atoms with van der Waals surface area (Å²) < 4.78 is 15.3. The van der Waals surface area contributed by atoms with Crippen molar-refractivity contribution in [1.82, 2.24) is 5.32 Å². The average molecular weight is 320 g/mol. The van der Waals surface area contributed by atoms with Crippen LogP contribution in [0.25, 0.3) is 0 Å². The molecule has 0 fully saturated rings. The number of methoxy groups -OCH3 is 1. The van der Waals surface area contributed by atoms with Gasteiger partial charge in [-0.25, -0.2) is 0 Å². The van der Waals surface area contributed by atoms with Crippen LogP contribution < -0.4 is 15.4 Å². The fourth-order valence-corrected chi connectivity index (χ4v) is 1.82. The molecule has 2 aromatic rings. The number of thiocarbonyl (C=S) groups is 1. The van der Waals surface area contributed by atoms with Crippen LogP contribution in [0.2, 0.25) is 0 Å². The zero-order valence-corrected chi connectivity index (χ0v) is 12.8. The summed E-state index contributed by atoms with van der Waals surface area (Å²) in [5, 5.41) is 5.62. The molecule has 6 nitrogen and oxygen atoms in total. The van der Waals surface area contributed by atoms with Crippen molar-refractivity contribution >= 4 is 28.9 Å². The van der Waals surface area contributed by atoms with Crippen LogP contribution >= 0.6 is 12.2 Å². The summed E-state index contributed by atoms with van der Waals surface area (Å²) in [5.74, 6) is 0.529. The Balaban J connectivity index is 1.82. The lowest BCUT2D eigenvalue weighted by Crippen LogP contribution is -2.33. The largest absolute Gasteiger partial charge is 0.491 e. The molecular weight excluding hydrogens is 304 g/mol. The molecule has 1 aromatic heterocycles. The monoisotopic (exact) mass is 320 g/mol. The van der Waals surface area contributed by atoms with E-state index in [4.69, 9.17) is 26.1 Å². The summed E-state index contributed by atoms with van der Waals surface area (Å²) in [5.41, 5.74) is 0.740. The predicted molar refractivity (Wildman–Crippen MR) is 86.2 cm³/mol. The van der Waals surface area contributed by atoms with Gasteiger partial charge in [-0.1, -0.05) is 0 Å². The number of benzene rings is 1. The molecule has 0 saturated heterocycles. The summed E-state index contributed by atoms with van der Waals surface area (Å²) in [6.07, 6.45) is 1.42. The lowest BCUT2D eigenvalue weighted by atomic mass is 10.3. The highest BCUT2D eigenvalue weighted by molar-refractivity contribution is 7.80. The van der Waals surface area contributed by atoms with E-state index < -0.39 is 5.91 Å². The van der Waals surface area contributed by atoms with Gasteiger partial charge in [-0.15, -0.1) is 0 Å². The Morgan fingerprint density at radius 3 is 2.64 bits per heavy atom. The molecule has 1 aromatic carbocycles. The Bertz CT molecular complexity index is 611. The third-order valence-corrected chi connectivity index (χ3v) is 2.84. The van der Waals surface area contributed by atoms with E-state index >= 15 is 0 Å². The van der Waals surface area contributed by atoms with Gasteiger partial charge in [0.25, 0.3) is 5.91 Å². The molecule has 0 saturated carbocycles. The molecule has 0 aliphatic carbocycles. The van der Waals surface area contributed by atoms with Gasteiger partial charge in [0.05, 0.1) is 12.9 Å². The van der Waals surface area contributed by atoms with Crippen LogP contribution in [0.15, 0.2) is 47.1 Å². The van der Waals surface area contributed by atoms with Crippen molar-refractivity contribution < 1.29 is 18.7 Å². The van der Waals surface area contributed by atoms with E-state index in [2.05, 4.69) is 10.6 Å². The van der Waals surface area contributed by atoms with Crippen molar-refractivity contribution in [2.24, 2.45) is 0 Å². The van der Waals surface area contributed by atoms with E-state index in [1.54, 1.807) is 43.5 Å². The SMILES string of the molecule is COCCOc1ccc(NC(=S)NC(=O)c2ccco2)cc1. The van der Waals surface area contributed by atoms with E-state index in [1.807, 2.05) is 0 Å². The fraction of sp³-hybridized carbons (Fsp3) is 0.200. The van der Waals surface area contributed by atoms with Crippen LogP contribution in [0, 0.1) is 0 Å². The zero-order chi connectivity index (χ0) is 15.8. The summed E-state index contributed by atoms with van der Waals surface area (Å²) in [6.45, 7) is 1.02. The molecule has 0 atom stereocenters. The normalized spacial score (nSPS) is 10.0. The van der Waals surface area contributed by atoms with Crippen LogP contribution in [0.5, 0.6) is 5.75 Å². The second-order valence-corrected chi connectivity index (χ2v) is 4.66. The van der Waals surface area contributed by atoms with Gasteiger partial charge < -0.3 is 19.2 Å². The molecular formula is C15H16N2O4S. The number of hydrogen-bond donors (Lipinski definition) is 2. The van der Waals surface area contributed by atoms with E-state index in [9.17, 15) is 4.79 Å². The number of furan rings is 1. The zero-order valence-electron chi connectivity index (χ0n) is 12.0. The molecule has 0 bridgehead atoms. The van der Waals surface area contributed by atoms with Gasteiger partial charge in [0.1, 0.15) is 12.4 Å². The number of rotatable bonds is 6. The minimum atomic E-state index is -0.401. The number of carbonyl (C=O) groups is 1. The molecule has 0 radical (unpaired) electrons. The first-order valence-corrected chi connectivity index (χ1v) is 6.97. The highest BCUT2D eigenvalue weighted by Gasteiger charge is 2.10. The average Bonchev–Trinajstić information content (AvgIpc) is 3.03. The first kappa shape index (κ1) is 16.0.